The van der Waals surface area contributed by atoms with Crippen molar-refractivity contribution in [1.82, 2.24) is 5.32 Å². The SMILES string of the molecule is CC(Cc1ccccc1Cl)NC(C)c1cc(Cl)sc1Cl. The minimum atomic E-state index is 0.156. The summed E-state index contributed by atoms with van der Waals surface area (Å²) >= 11 is 19.8. The van der Waals surface area contributed by atoms with E-state index in [0.29, 0.717) is 6.04 Å². The summed E-state index contributed by atoms with van der Waals surface area (Å²) in [5.74, 6) is 0. The second kappa shape index (κ2) is 7.15. The number of thiophene rings is 1. The molecule has 0 aliphatic heterocycles. The molecule has 0 spiro atoms. The van der Waals surface area contributed by atoms with Gasteiger partial charge >= 0.3 is 0 Å². The minimum absolute atomic E-state index is 0.156. The predicted molar refractivity (Wildman–Crippen MR) is 90.5 cm³/mol. The van der Waals surface area contributed by atoms with Crippen LogP contribution < -0.4 is 5.32 Å². The molecule has 0 saturated carbocycles. The van der Waals surface area contributed by atoms with Crippen LogP contribution >= 0.6 is 46.1 Å². The summed E-state index contributed by atoms with van der Waals surface area (Å²) in [5, 5.41) is 4.34. The third kappa shape index (κ3) is 4.12. The highest BCUT2D eigenvalue weighted by Gasteiger charge is 2.16. The van der Waals surface area contributed by atoms with Gasteiger partial charge in [0.05, 0.1) is 8.67 Å². The Bertz CT molecular complexity index is 582. The van der Waals surface area contributed by atoms with E-state index in [0.717, 1.165) is 31.2 Å². The van der Waals surface area contributed by atoms with Crippen molar-refractivity contribution >= 4 is 46.1 Å². The van der Waals surface area contributed by atoms with Gasteiger partial charge in [-0.1, -0.05) is 53.0 Å². The summed E-state index contributed by atoms with van der Waals surface area (Å²) in [6, 6.07) is 10.3. The van der Waals surface area contributed by atoms with E-state index in [2.05, 4.69) is 25.2 Å². The highest BCUT2D eigenvalue weighted by atomic mass is 35.5. The molecule has 0 amide bonds. The standard InChI is InChI=1S/C15H16Cl3NS/c1-9(7-11-5-3-4-6-13(11)16)19-10(2)12-8-14(17)20-15(12)18/h3-6,8-10,19H,7H2,1-2H3. The normalized spacial score (nSPS) is 14.2. The molecular weight excluding hydrogens is 333 g/mol. The number of hydrogen-bond donors (Lipinski definition) is 1. The lowest BCUT2D eigenvalue weighted by molar-refractivity contribution is 0.478. The molecule has 2 rings (SSSR count). The Kier molecular flexibility index (Phi) is 5.76. The fourth-order valence-corrected chi connectivity index (χ4v) is 4.08. The third-order valence-corrected chi connectivity index (χ3v) is 5.05. The molecule has 1 heterocycles. The summed E-state index contributed by atoms with van der Waals surface area (Å²) in [5.41, 5.74) is 2.20. The maximum atomic E-state index is 6.19. The summed E-state index contributed by atoms with van der Waals surface area (Å²) in [4.78, 5) is 0. The van der Waals surface area contributed by atoms with Crippen LogP contribution in [0.25, 0.3) is 0 Å². The van der Waals surface area contributed by atoms with E-state index in [9.17, 15) is 0 Å². The second-order valence-corrected chi connectivity index (χ2v) is 7.56. The van der Waals surface area contributed by atoms with Gasteiger partial charge in [-0.15, -0.1) is 11.3 Å². The van der Waals surface area contributed by atoms with Crippen molar-refractivity contribution in [3.05, 3.63) is 55.2 Å². The fraction of sp³-hybridized carbons (Fsp3) is 0.333. The Morgan fingerprint density at radius 1 is 1.15 bits per heavy atom. The molecule has 1 nitrogen and oxygen atoms in total. The second-order valence-electron chi connectivity index (χ2n) is 4.86. The van der Waals surface area contributed by atoms with Crippen molar-refractivity contribution in [2.45, 2.75) is 32.4 Å². The van der Waals surface area contributed by atoms with E-state index in [4.69, 9.17) is 34.8 Å². The lowest BCUT2D eigenvalue weighted by Gasteiger charge is -2.20. The molecule has 0 aliphatic carbocycles. The first-order valence-corrected chi connectivity index (χ1v) is 8.36. The van der Waals surface area contributed by atoms with Crippen molar-refractivity contribution in [3.8, 4) is 0 Å². The molecule has 1 aromatic carbocycles. The molecule has 0 aliphatic rings. The van der Waals surface area contributed by atoms with E-state index < -0.39 is 0 Å². The van der Waals surface area contributed by atoms with Crippen molar-refractivity contribution < 1.29 is 0 Å². The average molecular weight is 349 g/mol. The first-order valence-electron chi connectivity index (χ1n) is 6.41. The van der Waals surface area contributed by atoms with Crippen LogP contribution in [0, 0.1) is 0 Å². The van der Waals surface area contributed by atoms with E-state index in [-0.39, 0.29) is 6.04 Å². The van der Waals surface area contributed by atoms with Crippen LogP contribution in [0.5, 0.6) is 0 Å². The number of benzene rings is 1. The molecule has 20 heavy (non-hydrogen) atoms. The van der Waals surface area contributed by atoms with E-state index in [1.165, 1.54) is 11.3 Å². The summed E-state index contributed by atoms with van der Waals surface area (Å²) in [6.07, 6.45) is 0.875. The van der Waals surface area contributed by atoms with Gasteiger partial charge in [-0.3, -0.25) is 0 Å². The average Bonchev–Trinajstić information content (AvgIpc) is 2.71. The molecule has 0 radical (unpaired) electrons. The lowest BCUT2D eigenvalue weighted by atomic mass is 10.1. The van der Waals surface area contributed by atoms with E-state index >= 15 is 0 Å². The van der Waals surface area contributed by atoms with Gasteiger partial charge in [-0.2, -0.15) is 0 Å². The smallest absolute Gasteiger partial charge is 0.0991 e. The minimum Gasteiger partial charge on any atom is -0.307 e. The van der Waals surface area contributed by atoms with Gasteiger partial charge in [0.25, 0.3) is 0 Å². The van der Waals surface area contributed by atoms with Gasteiger partial charge in [0.1, 0.15) is 0 Å². The van der Waals surface area contributed by atoms with Gasteiger partial charge in [-0.05, 0) is 43.5 Å². The van der Waals surface area contributed by atoms with Gasteiger partial charge < -0.3 is 5.32 Å². The lowest BCUT2D eigenvalue weighted by Crippen LogP contribution is -2.30. The molecule has 2 unspecified atom stereocenters. The maximum Gasteiger partial charge on any atom is 0.0991 e. The Morgan fingerprint density at radius 2 is 1.85 bits per heavy atom. The summed E-state index contributed by atoms with van der Waals surface area (Å²) in [6.45, 7) is 4.23. The molecule has 108 valence electrons. The Labute approximate surface area is 138 Å². The van der Waals surface area contributed by atoms with E-state index in [1.54, 1.807) is 0 Å². The fourth-order valence-electron chi connectivity index (χ4n) is 2.22. The highest BCUT2D eigenvalue weighted by Crippen LogP contribution is 2.35. The molecule has 0 saturated heterocycles. The Balaban J connectivity index is 1.99. The topological polar surface area (TPSA) is 12.0 Å². The van der Waals surface area contributed by atoms with Crippen LogP contribution in [-0.4, -0.2) is 6.04 Å². The zero-order chi connectivity index (χ0) is 14.7. The van der Waals surface area contributed by atoms with Crippen LogP contribution in [-0.2, 0) is 6.42 Å². The monoisotopic (exact) mass is 347 g/mol. The molecule has 1 aromatic heterocycles. The zero-order valence-corrected chi connectivity index (χ0v) is 14.4. The molecule has 5 heteroatoms. The van der Waals surface area contributed by atoms with Gasteiger partial charge in [0, 0.05) is 17.1 Å². The van der Waals surface area contributed by atoms with Crippen LogP contribution in [0.3, 0.4) is 0 Å². The molecule has 0 bridgehead atoms. The van der Waals surface area contributed by atoms with Crippen molar-refractivity contribution in [1.29, 1.82) is 0 Å². The maximum absolute atomic E-state index is 6.19. The van der Waals surface area contributed by atoms with Crippen molar-refractivity contribution in [2.24, 2.45) is 0 Å². The number of rotatable bonds is 5. The van der Waals surface area contributed by atoms with Gasteiger partial charge in [0.2, 0.25) is 0 Å². The molecule has 2 atom stereocenters. The van der Waals surface area contributed by atoms with Crippen LogP contribution in [0.15, 0.2) is 30.3 Å². The Morgan fingerprint density at radius 3 is 2.45 bits per heavy atom. The molecular formula is C15H16Cl3NS. The van der Waals surface area contributed by atoms with Crippen molar-refractivity contribution in [2.75, 3.05) is 0 Å². The van der Waals surface area contributed by atoms with Gasteiger partial charge in [0.15, 0.2) is 0 Å². The summed E-state index contributed by atoms with van der Waals surface area (Å²) in [7, 11) is 0. The number of nitrogens with one attached hydrogen (secondary N) is 1. The van der Waals surface area contributed by atoms with Crippen LogP contribution in [0.4, 0.5) is 0 Å². The highest BCUT2D eigenvalue weighted by molar-refractivity contribution is 7.20. The number of hydrogen-bond acceptors (Lipinski definition) is 2. The quantitative estimate of drug-likeness (QED) is 0.699. The van der Waals surface area contributed by atoms with Crippen molar-refractivity contribution in [3.63, 3.8) is 0 Å². The van der Waals surface area contributed by atoms with Gasteiger partial charge in [-0.25, -0.2) is 0 Å². The third-order valence-electron chi connectivity index (χ3n) is 3.17. The molecule has 2 aromatic rings. The number of halogens is 3. The van der Waals surface area contributed by atoms with Crippen LogP contribution in [0.1, 0.15) is 31.0 Å². The first kappa shape index (κ1) is 16.1. The predicted octanol–water partition coefficient (Wildman–Crippen LogP) is 5.99. The molecule has 0 fully saturated rings. The summed E-state index contributed by atoms with van der Waals surface area (Å²) < 4.78 is 1.47. The van der Waals surface area contributed by atoms with Crippen LogP contribution in [0.2, 0.25) is 13.7 Å². The Hall–Kier alpha value is -0.250. The zero-order valence-electron chi connectivity index (χ0n) is 11.3. The largest absolute Gasteiger partial charge is 0.307 e. The molecule has 1 N–H and O–H groups in total. The first-order chi connectivity index (χ1) is 9.47. The van der Waals surface area contributed by atoms with E-state index in [1.807, 2.05) is 24.3 Å².